The van der Waals surface area contributed by atoms with Crippen LogP contribution in [0.1, 0.15) is 278 Å². The van der Waals surface area contributed by atoms with Crippen molar-refractivity contribution < 1.29 is 37.3 Å². The van der Waals surface area contributed by atoms with Crippen molar-refractivity contribution >= 4 is 19.7 Å². The summed E-state index contributed by atoms with van der Waals surface area (Å²) in [6.07, 6.45) is 70.4. The first kappa shape index (κ1) is 72.5. The van der Waals surface area contributed by atoms with Gasteiger partial charge >= 0.3 is 13.8 Å². The quantitative estimate of drug-likeness (QED) is 0.0205. The lowest BCUT2D eigenvalue weighted by Gasteiger charge is -2.27. The number of hydrogen-bond donors (Lipinski definition) is 2. The first-order valence-electron chi connectivity index (χ1n) is 31.3. The van der Waals surface area contributed by atoms with Crippen LogP contribution in [0.25, 0.3) is 0 Å². The van der Waals surface area contributed by atoms with Crippen molar-refractivity contribution in [3.63, 3.8) is 0 Å². The standard InChI is InChI=1S/C65H119N2O7P/c1-7-10-13-16-19-22-25-27-29-31-32-33-34-36-38-40-43-46-49-52-55-58-65(69)74-63(56-53-50-47-44-41-24-21-18-15-12-9-3)62(61-73-75(70,71)72-60-59-67(4,5)6)66-64(68)57-54-51-48-45-42-39-37-35-30-28-26-23-20-17-14-11-8-2/h19,22,27-30,32-33,36,38,53,56,62-63H,7-18,20-21,23-26,31,34-35,37,39-52,54-55,57-61H2,1-6H3,(H-,66,68,70,71)/p+1/b22-19-,29-27-,30-28+,33-32-,38-36-,56-53+. The van der Waals surface area contributed by atoms with E-state index in [9.17, 15) is 19.0 Å². The number of hydrogen-bond acceptors (Lipinski definition) is 6. The normalized spacial score (nSPS) is 14.2. The van der Waals surface area contributed by atoms with Crippen LogP contribution in [0, 0.1) is 0 Å². The first-order chi connectivity index (χ1) is 36.4. The van der Waals surface area contributed by atoms with Gasteiger partial charge < -0.3 is 19.4 Å². The fourth-order valence-electron chi connectivity index (χ4n) is 8.74. The summed E-state index contributed by atoms with van der Waals surface area (Å²) >= 11 is 0. The van der Waals surface area contributed by atoms with Crippen LogP contribution >= 0.6 is 7.82 Å². The molecule has 0 spiro atoms. The zero-order valence-electron chi connectivity index (χ0n) is 49.8. The molecule has 0 aliphatic heterocycles. The van der Waals surface area contributed by atoms with E-state index in [4.69, 9.17) is 13.8 Å². The lowest BCUT2D eigenvalue weighted by atomic mass is 10.1. The first-order valence-corrected chi connectivity index (χ1v) is 32.8. The second kappa shape index (κ2) is 54.8. The maximum Gasteiger partial charge on any atom is 0.472 e. The summed E-state index contributed by atoms with van der Waals surface area (Å²) in [5.74, 6) is -0.529. The lowest BCUT2D eigenvalue weighted by Crippen LogP contribution is -2.47. The van der Waals surface area contributed by atoms with Crippen molar-refractivity contribution in [1.82, 2.24) is 5.32 Å². The predicted molar refractivity (Wildman–Crippen MR) is 323 cm³/mol. The predicted octanol–water partition coefficient (Wildman–Crippen LogP) is 19.2. The van der Waals surface area contributed by atoms with E-state index < -0.39 is 20.0 Å². The second-order valence-electron chi connectivity index (χ2n) is 22.2. The summed E-state index contributed by atoms with van der Waals surface area (Å²) in [6, 6.07) is -0.860. The molecule has 3 unspecified atom stereocenters. The number of ether oxygens (including phenoxy) is 1. The number of esters is 1. The molecule has 0 aromatic heterocycles. The van der Waals surface area contributed by atoms with Crippen LogP contribution < -0.4 is 5.32 Å². The fourth-order valence-corrected chi connectivity index (χ4v) is 9.48. The minimum atomic E-state index is -4.45. The molecule has 0 fully saturated rings. The Labute approximate surface area is 463 Å². The number of allylic oxidation sites excluding steroid dienone is 11. The van der Waals surface area contributed by atoms with Gasteiger partial charge in [0.1, 0.15) is 19.3 Å². The van der Waals surface area contributed by atoms with E-state index in [0.29, 0.717) is 23.9 Å². The molecule has 436 valence electrons. The van der Waals surface area contributed by atoms with Gasteiger partial charge in [-0.2, -0.15) is 0 Å². The third-order valence-electron chi connectivity index (χ3n) is 13.6. The topological polar surface area (TPSA) is 111 Å². The van der Waals surface area contributed by atoms with Gasteiger partial charge in [0.25, 0.3) is 0 Å². The molecule has 3 atom stereocenters. The lowest BCUT2D eigenvalue weighted by molar-refractivity contribution is -0.870. The summed E-state index contributed by atoms with van der Waals surface area (Å²) < 4.78 is 30.7. The van der Waals surface area contributed by atoms with E-state index in [-0.39, 0.29) is 31.5 Å². The van der Waals surface area contributed by atoms with Crippen molar-refractivity contribution in [2.45, 2.75) is 290 Å². The van der Waals surface area contributed by atoms with Crippen LogP contribution in [-0.4, -0.2) is 74.3 Å². The molecular formula is C65H120N2O7P+. The number of carbonyl (C=O) groups excluding carboxylic acids is 2. The number of nitrogens with zero attached hydrogens (tertiary/aromatic N) is 1. The molecule has 0 bridgehead atoms. The van der Waals surface area contributed by atoms with Crippen molar-refractivity contribution in [3.8, 4) is 0 Å². The molecule has 0 aromatic rings. The molecular weight excluding hydrogens is 952 g/mol. The van der Waals surface area contributed by atoms with E-state index in [1.54, 1.807) is 0 Å². The van der Waals surface area contributed by atoms with Gasteiger partial charge in [0.05, 0.1) is 33.8 Å². The van der Waals surface area contributed by atoms with Gasteiger partial charge in [-0.15, -0.1) is 0 Å². The van der Waals surface area contributed by atoms with Crippen LogP contribution in [0.5, 0.6) is 0 Å². The van der Waals surface area contributed by atoms with Crippen LogP contribution in [0.4, 0.5) is 0 Å². The average Bonchev–Trinajstić information content (AvgIpc) is 3.37. The van der Waals surface area contributed by atoms with E-state index >= 15 is 0 Å². The Morgan fingerprint density at radius 3 is 1.25 bits per heavy atom. The molecule has 1 amide bonds. The second-order valence-corrected chi connectivity index (χ2v) is 23.7. The van der Waals surface area contributed by atoms with Gasteiger partial charge in [-0.25, -0.2) is 4.57 Å². The third-order valence-corrected chi connectivity index (χ3v) is 14.6. The summed E-state index contributed by atoms with van der Waals surface area (Å²) in [5, 5.41) is 3.05. The largest absolute Gasteiger partial charge is 0.472 e. The summed E-state index contributed by atoms with van der Waals surface area (Å²) in [6.45, 7) is 6.97. The molecule has 0 saturated heterocycles. The Hall–Kier alpha value is -2.55. The Morgan fingerprint density at radius 2 is 0.813 bits per heavy atom. The van der Waals surface area contributed by atoms with Crippen LogP contribution in [0.2, 0.25) is 0 Å². The zero-order valence-corrected chi connectivity index (χ0v) is 50.7. The monoisotopic (exact) mass is 1070 g/mol. The molecule has 0 heterocycles. The molecule has 9 nitrogen and oxygen atoms in total. The van der Waals surface area contributed by atoms with Gasteiger partial charge in [-0.3, -0.25) is 18.6 Å². The highest BCUT2D eigenvalue weighted by Gasteiger charge is 2.30. The van der Waals surface area contributed by atoms with Crippen LogP contribution in [0.15, 0.2) is 72.9 Å². The maximum atomic E-state index is 13.5. The number of unbranched alkanes of at least 4 members (excludes halogenated alkanes) is 30. The number of rotatable bonds is 56. The number of likely N-dealkylation sites (N-methyl/N-ethyl adjacent to an activating group) is 1. The Morgan fingerprint density at radius 1 is 0.467 bits per heavy atom. The number of quaternary nitrogens is 1. The van der Waals surface area contributed by atoms with Crippen LogP contribution in [-0.2, 0) is 27.9 Å². The number of nitrogens with one attached hydrogen (secondary N) is 1. The minimum absolute atomic E-state index is 0.0340. The van der Waals surface area contributed by atoms with Gasteiger partial charge in [0, 0.05) is 12.8 Å². The van der Waals surface area contributed by atoms with E-state index in [0.717, 1.165) is 103 Å². The van der Waals surface area contributed by atoms with E-state index in [1.165, 1.54) is 135 Å². The molecule has 0 saturated carbocycles. The number of phosphoric ester groups is 1. The van der Waals surface area contributed by atoms with Crippen molar-refractivity contribution in [2.24, 2.45) is 0 Å². The third kappa shape index (κ3) is 56.0. The zero-order chi connectivity index (χ0) is 55.0. The van der Waals surface area contributed by atoms with Gasteiger partial charge in [0.15, 0.2) is 0 Å². The highest BCUT2D eigenvalue weighted by atomic mass is 31.2. The van der Waals surface area contributed by atoms with Crippen molar-refractivity contribution in [1.29, 1.82) is 0 Å². The molecule has 0 radical (unpaired) electrons. The molecule has 0 aliphatic rings. The molecule has 2 N–H and O–H groups in total. The Bertz CT molecular complexity index is 1510. The van der Waals surface area contributed by atoms with E-state index in [2.05, 4.69) is 86.8 Å². The highest BCUT2D eigenvalue weighted by molar-refractivity contribution is 7.47. The number of phosphoric acid groups is 1. The molecule has 0 aromatic carbocycles. The highest BCUT2D eigenvalue weighted by Crippen LogP contribution is 2.43. The molecule has 75 heavy (non-hydrogen) atoms. The van der Waals surface area contributed by atoms with Gasteiger partial charge in [-0.05, 0) is 102 Å². The molecule has 0 rings (SSSR count). The summed E-state index contributed by atoms with van der Waals surface area (Å²) in [4.78, 5) is 37.7. The SMILES string of the molecule is CCCCC/C=C\C/C=C\C/C=C\C/C=C\CCCCCCCC(=O)OC(/C=C/CCCCCCCCCCC)C(COP(=O)(O)OCC[N+](C)(C)C)NC(=O)CCCCCCCCC/C=C/CCCCCCCC. The van der Waals surface area contributed by atoms with Crippen molar-refractivity contribution in [3.05, 3.63) is 72.9 Å². The number of carbonyl (C=O) groups is 2. The Balaban J connectivity index is 5.26. The Kier molecular flexibility index (Phi) is 52.9. The minimum Gasteiger partial charge on any atom is -0.456 e. The maximum absolute atomic E-state index is 13.5. The smallest absolute Gasteiger partial charge is 0.456 e. The summed E-state index contributed by atoms with van der Waals surface area (Å²) in [7, 11) is 1.48. The van der Waals surface area contributed by atoms with E-state index in [1.807, 2.05) is 33.3 Å². The van der Waals surface area contributed by atoms with Gasteiger partial charge in [0.2, 0.25) is 5.91 Å². The summed E-state index contributed by atoms with van der Waals surface area (Å²) in [5.41, 5.74) is 0. The molecule has 10 heteroatoms. The van der Waals surface area contributed by atoms with Crippen LogP contribution in [0.3, 0.4) is 0 Å². The molecule has 0 aliphatic carbocycles. The van der Waals surface area contributed by atoms with Gasteiger partial charge in [-0.1, -0.05) is 235 Å². The fraction of sp³-hybridized carbons (Fsp3) is 0.785. The van der Waals surface area contributed by atoms with Crippen molar-refractivity contribution in [2.75, 3.05) is 40.9 Å². The average molecular weight is 1070 g/mol. The number of amides is 1.